The maximum atomic E-state index is 12.6. The predicted octanol–water partition coefficient (Wildman–Crippen LogP) is -1.44. The summed E-state index contributed by atoms with van der Waals surface area (Å²) in [6, 6.07) is -0.264. The van der Waals surface area contributed by atoms with Gasteiger partial charge in [-0.15, -0.1) is 11.3 Å². The third kappa shape index (κ3) is 2.57. The molecule has 0 radical (unpaired) electrons. The molecular weight excluding hydrogens is 356 g/mol. The van der Waals surface area contributed by atoms with E-state index in [0.717, 1.165) is 4.88 Å². The molecule has 3 rings (SSSR count). The first-order valence-electron chi connectivity index (χ1n) is 7.43. The molecule has 2 fully saturated rings. The zero-order valence-electron chi connectivity index (χ0n) is 13.4. The van der Waals surface area contributed by atoms with E-state index in [1.165, 1.54) is 11.3 Å². The topological polar surface area (TPSA) is 90.2 Å². The second-order valence-electron chi connectivity index (χ2n) is 5.66. The minimum atomic E-state index is -1.01. The predicted molar refractivity (Wildman–Crippen MR) is 83.7 cm³/mol. The van der Waals surface area contributed by atoms with E-state index in [1.807, 2.05) is 11.9 Å². The number of aromatic nitrogens is 1. The summed E-state index contributed by atoms with van der Waals surface area (Å²) in [5.74, 6) is -2.32. The molecule has 0 aromatic carbocycles. The molecule has 0 saturated carbocycles. The van der Waals surface area contributed by atoms with Gasteiger partial charge in [0.1, 0.15) is 5.70 Å². The number of carbonyl (C=O) groups is 2. The standard InChI is InChI=1S/C14H17ClN4O4S/c1-4-23-12(22)10(20)9-11(21)18(3)14-17(2)6-7(19(9)14)8-5-16-13(15)24-8/h5,7,14,20H,4,6H2,1-3H3/b10-9-. The Bertz CT molecular complexity index is 721. The van der Waals surface area contributed by atoms with E-state index in [9.17, 15) is 14.7 Å². The summed E-state index contributed by atoms with van der Waals surface area (Å²) in [5.41, 5.74) is -0.130. The molecule has 24 heavy (non-hydrogen) atoms. The monoisotopic (exact) mass is 372 g/mol. The summed E-state index contributed by atoms with van der Waals surface area (Å²) in [7, 11) is 3.55. The second-order valence-corrected chi connectivity index (χ2v) is 7.31. The molecule has 0 aliphatic carbocycles. The lowest BCUT2D eigenvalue weighted by molar-refractivity contribution is -0.839. The number of amides is 1. The molecule has 1 aromatic rings. The number of fused-ring (bicyclic) bond motifs is 1. The van der Waals surface area contributed by atoms with Crippen molar-refractivity contribution < 1.29 is 24.3 Å². The molecule has 10 heteroatoms. The van der Waals surface area contributed by atoms with Gasteiger partial charge < -0.3 is 9.84 Å². The Labute approximate surface area is 147 Å². The summed E-state index contributed by atoms with van der Waals surface area (Å²) >= 11 is 7.22. The van der Waals surface area contributed by atoms with Crippen LogP contribution in [0.4, 0.5) is 0 Å². The summed E-state index contributed by atoms with van der Waals surface area (Å²) in [6.45, 7) is 2.28. The quantitative estimate of drug-likeness (QED) is 0.395. The molecular formula is C14H17ClN4O4S. The number of esters is 1. The lowest BCUT2D eigenvalue weighted by Crippen LogP contribution is -3.15. The molecule has 0 spiro atoms. The van der Waals surface area contributed by atoms with Crippen molar-refractivity contribution in [1.82, 2.24) is 14.8 Å². The molecule has 1 N–H and O–H groups in total. The lowest BCUT2D eigenvalue weighted by Gasteiger charge is -2.25. The van der Waals surface area contributed by atoms with E-state index in [-0.39, 0.29) is 24.6 Å². The minimum Gasteiger partial charge on any atom is -0.866 e. The first-order chi connectivity index (χ1) is 11.4. The summed E-state index contributed by atoms with van der Waals surface area (Å²) in [4.78, 5) is 33.5. The van der Waals surface area contributed by atoms with E-state index in [0.29, 0.717) is 15.9 Å². The number of hydrogen-bond donors (Lipinski definition) is 1. The number of rotatable bonds is 3. The van der Waals surface area contributed by atoms with Gasteiger partial charge in [-0.2, -0.15) is 0 Å². The maximum Gasteiger partial charge on any atom is 0.362 e. The van der Waals surface area contributed by atoms with Crippen LogP contribution in [-0.4, -0.2) is 60.2 Å². The van der Waals surface area contributed by atoms with E-state index < -0.39 is 17.6 Å². The molecule has 1 amide bonds. The van der Waals surface area contributed by atoms with Gasteiger partial charge in [0.2, 0.25) is 6.29 Å². The molecule has 1 aromatic heterocycles. The zero-order chi connectivity index (χ0) is 17.6. The van der Waals surface area contributed by atoms with Crippen molar-refractivity contribution in [2.75, 3.05) is 27.2 Å². The van der Waals surface area contributed by atoms with Crippen molar-refractivity contribution in [1.29, 1.82) is 0 Å². The number of halogens is 1. The van der Waals surface area contributed by atoms with Crippen LogP contribution in [0, 0.1) is 0 Å². The Morgan fingerprint density at radius 2 is 2.33 bits per heavy atom. The Hall–Kier alpha value is -1.68. The second kappa shape index (κ2) is 6.32. The van der Waals surface area contributed by atoms with Gasteiger partial charge in [0.25, 0.3) is 0 Å². The smallest absolute Gasteiger partial charge is 0.362 e. The van der Waals surface area contributed by atoms with E-state index in [1.54, 1.807) is 25.1 Å². The van der Waals surface area contributed by atoms with Gasteiger partial charge in [-0.05, 0) is 14.0 Å². The molecule has 3 atom stereocenters. The van der Waals surface area contributed by atoms with Crippen LogP contribution in [0.3, 0.4) is 0 Å². The summed E-state index contributed by atoms with van der Waals surface area (Å²) in [5, 5.41) is 12.5. The molecule has 2 aliphatic heterocycles. The van der Waals surface area contributed by atoms with Gasteiger partial charge >= 0.3 is 11.9 Å². The van der Waals surface area contributed by atoms with Crippen molar-refractivity contribution in [3.63, 3.8) is 0 Å². The van der Waals surface area contributed by atoms with Gasteiger partial charge in [-0.1, -0.05) is 11.6 Å². The fraction of sp³-hybridized carbons (Fsp3) is 0.500. The highest BCUT2D eigenvalue weighted by Gasteiger charge is 2.55. The first-order valence-corrected chi connectivity index (χ1v) is 8.62. The van der Waals surface area contributed by atoms with Crippen LogP contribution in [0.1, 0.15) is 17.8 Å². The lowest BCUT2D eigenvalue weighted by atomic mass is 10.2. The molecule has 8 nitrogen and oxygen atoms in total. The maximum absolute atomic E-state index is 12.6. The highest BCUT2D eigenvalue weighted by molar-refractivity contribution is 7.15. The van der Waals surface area contributed by atoms with E-state index in [2.05, 4.69) is 4.98 Å². The fourth-order valence-electron chi connectivity index (χ4n) is 3.24. The average molecular weight is 373 g/mol. The first kappa shape index (κ1) is 17.2. The fourth-order valence-corrected chi connectivity index (χ4v) is 4.29. The Morgan fingerprint density at radius 3 is 2.92 bits per heavy atom. The highest BCUT2D eigenvalue weighted by atomic mass is 35.5. The van der Waals surface area contributed by atoms with Gasteiger partial charge in [-0.3, -0.25) is 4.90 Å². The Kier molecular flexibility index (Phi) is 4.52. The number of nitrogens with zero attached hydrogens (tertiary/aromatic N) is 3. The third-order valence-electron chi connectivity index (χ3n) is 4.20. The van der Waals surface area contributed by atoms with Crippen LogP contribution < -0.4 is 10.0 Å². The average Bonchev–Trinajstić information content (AvgIpc) is 3.17. The molecule has 2 saturated heterocycles. The highest BCUT2D eigenvalue weighted by Crippen LogP contribution is 2.38. The number of hydrogen-bond acceptors (Lipinski definition) is 8. The minimum absolute atomic E-state index is 0.0753. The van der Waals surface area contributed by atoms with Gasteiger partial charge in [0, 0.05) is 18.5 Å². The van der Waals surface area contributed by atoms with Gasteiger partial charge in [0.05, 0.1) is 24.6 Å². The Balaban J connectivity index is 2.07. The van der Waals surface area contributed by atoms with Crippen LogP contribution in [0.2, 0.25) is 4.47 Å². The number of ether oxygens (including phenoxy) is 1. The van der Waals surface area contributed by atoms with Crippen molar-refractivity contribution in [3.05, 3.63) is 27.0 Å². The number of carbonyl (C=O) groups excluding carboxylic acids is 2. The molecule has 130 valence electrons. The van der Waals surface area contributed by atoms with Crippen LogP contribution in [0.15, 0.2) is 17.7 Å². The number of thiazole rings is 1. The van der Waals surface area contributed by atoms with E-state index in [4.69, 9.17) is 16.3 Å². The SMILES string of the molecule is CCOC(=O)/C([O-])=C1\C(=O)[NH+](C)C2N(C)CC(c3cnc(Cl)s3)N12. The normalized spacial score (nSPS) is 29.1. The molecule has 2 aliphatic rings. The summed E-state index contributed by atoms with van der Waals surface area (Å²) in [6.07, 6.45) is 1.29. The Morgan fingerprint density at radius 1 is 1.62 bits per heavy atom. The molecule has 3 heterocycles. The van der Waals surface area contributed by atoms with Crippen LogP contribution >= 0.6 is 22.9 Å². The number of quaternary nitrogens is 1. The van der Waals surface area contributed by atoms with Crippen LogP contribution in [-0.2, 0) is 14.3 Å². The van der Waals surface area contributed by atoms with Crippen LogP contribution in [0.25, 0.3) is 0 Å². The number of nitrogens with one attached hydrogen (secondary N) is 1. The van der Waals surface area contributed by atoms with Crippen molar-refractivity contribution in [2.45, 2.75) is 19.3 Å². The molecule has 0 bridgehead atoms. The van der Waals surface area contributed by atoms with Crippen molar-refractivity contribution >= 4 is 34.8 Å². The molecule has 3 unspecified atom stereocenters. The zero-order valence-corrected chi connectivity index (χ0v) is 15.0. The third-order valence-corrected chi connectivity index (χ3v) is 5.41. The van der Waals surface area contributed by atoms with Crippen molar-refractivity contribution in [3.8, 4) is 0 Å². The number of likely N-dealkylation sites (N-methyl/N-ethyl adjacent to an activating group) is 2. The van der Waals surface area contributed by atoms with Crippen LogP contribution in [0.5, 0.6) is 0 Å². The summed E-state index contributed by atoms with van der Waals surface area (Å²) < 4.78 is 5.17. The van der Waals surface area contributed by atoms with Gasteiger partial charge in [-0.25, -0.2) is 24.4 Å². The largest absolute Gasteiger partial charge is 0.866 e. The van der Waals surface area contributed by atoms with E-state index >= 15 is 0 Å². The van der Waals surface area contributed by atoms with Gasteiger partial charge in [0.15, 0.2) is 4.47 Å². The van der Waals surface area contributed by atoms with Crippen molar-refractivity contribution in [2.24, 2.45) is 0 Å².